The summed E-state index contributed by atoms with van der Waals surface area (Å²) in [6, 6.07) is 17.6. The number of para-hydroxylation sites is 1. The molecule has 0 saturated heterocycles. The summed E-state index contributed by atoms with van der Waals surface area (Å²) in [6.07, 6.45) is 0. The number of nitrogens with zero attached hydrogens (tertiary/aromatic N) is 1. The highest BCUT2D eigenvalue weighted by Gasteiger charge is 2.40. The fraction of sp³-hybridized carbons (Fsp3) is 0.0800. The second kappa shape index (κ2) is 8.88. The SMILES string of the molecule is Cc1ccc(C)c(NC(=O)c2cccc(NC3=C(Cl)C(=O)N(c4ccccc4F)C3=O)c2)c1. The standard InChI is InChI=1S/C25H19ClFN3O3/c1-14-10-11-15(2)19(12-14)29-23(31)16-6-5-7-17(13-16)28-22-21(26)24(32)30(25(22)33)20-9-4-3-8-18(20)27/h3-13,28H,1-2H3,(H,29,31). The molecular weight excluding hydrogens is 445 g/mol. The van der Waals surface area contributed by atoms with Crippen molar-refractivity contribution < 1.29 is 18.8 Å². The Bertz CT molecular complexity index is 1340. The van der Waals surface area contributed by atoms with Crippen LogP contribution in [0.4, 0.5) is 21.5 Å². The van der Waals surface area contributed by atoms with Gasteiger partial charge in [-0.05, 0) is 61.4 Å². The van der Waals surface area contributed by atoms with Crippen molar-refractivity contribution in [3.63, 3.8) is 0 Å². The van der Waals surface area contributed by atoms with Crippen LogP contribution in [0.15, 0.2) is 77.5 Å². The average molecular weight is 464 g/mol. The van der Waals surface area contributed by atoms with Crippen LogP contribution in [-0.4, -0.2) is 17.7 Å². The molecule has 0 saturated carbocycles. The third-order valence-electron chi connectivity index (χ3n) is 5.16. The molecule has 3 aromatic carbocycles. The van der Waals surface area contributed by atoms with E-state index in [0.29, 0.717) is 21.8 Å². The summed E-state index contributed by atoms with van der Waals surface area (Å²) >= 11 is 6.12. The van der Waals surface area contributed by atoms with Crippen molar-refractivity contribution in [1.82, 2.24) is 0 Å². The van der Waals surface area contributed by atoms with Gasteiger partial charge in [0.2, 0.25) is 0 Å². The minimum absolute atomic E-state index is 0.191. The van der Waals surface area contributed by atoms with Crippen LogP contribution < -0.4 is 15.5 Å². The van der Waals surface area contributed by atoms with E-state index < -0.39 is 17.6 Å². The van der Waals surface area contributed by atoms with E-state index in [2.05, 4.69) is 10.6 Å². The molecule has 0 spiro atoms. The van der Waals surface area contributed by atoms with E-state index in [4.69, 9.17) is 11.6 Å². The predicted molar refractivity (Wildman–Crippen MR) is 126 cm³/mol. The van der Waals surface area contributed by atoms with E-state index in [1.807, 2.05) is 32.0 Å². The van der Waals surface area contributed by atoms with Crippen LogP contribution in [0.1, 0.15) is 21.5 Å². The molecule has 0 aliphatic carbocycles. The topological polar surface area (TPSA) is 78.5 Å². The van der Waals surface area contributed by atoms with Gasteiger partial charge in [0.15, 0.2) is 0 Å². The maximum atomic E-state index is 14.2. The van der Waals surface area contributed by atoms with Gasteiger partial charge < -0.3 is 10.6 Å². The predicted octanol–water partition coefficient (Wildman–Crippen LogP) is 5.13. The summed E-state index contributed by atoms with van der Waals surface area (Å²) in [5.74, 6) is -2.69. The molecule has 1 aliphatic rings. The molecule has 4 rings (SSSR count). The number of carbonyl (C=O) groups is 3. The van der Waals surface area contributed by atoms with Gasteiger partial charge >= 0.3 is 0 Å². The summed E-state index contributed by atoms with van der Waals surface area (Å²) in [5, 5.41) is 5.31. The molecule has 0 unspecified atom stereocenters. The first kappa shape index (κ1) is 22.2. The molecule has 3 amide bonds. The molecule has 0 fully saturated rings. The second-order valence-corrected chi connectivity index (χ2v) is 7.94. The smallest absolute Gasteiger partial charge is 0.283 e. The minimum Gasteiger partial charge on any atom is -0.350 e. The van der Waals surface area contributed by atoms with Gasteiger partial charge in [0.1, 0.15) is 16.5 Å². The number of hydrogen-bond donors (Lipinski definition) is 2. The number of imide groups is 1. The Morgan fingerprint density at radius 1 is 0.939 bits per heavy atom. The molecule has 6 nitrogen and oxygen atoms in total. The summed E-state index contributed by atoms with van der Waals surface area (Å²) < 4.78 is 14.2. The summed E-state index contributed by atoms with van der Waals surface area (Å²) in [7, 11) is 0. The fourth-order valence-electron chi connectivity index (χ4n) is 3.41. The van der Waals surface area contributed by atoms with Crippen LogP contribution in [0.3, 0.4) is 0 Å². The number of nitrogens with one attached hydrogen (secondary N) is 2. The van der Waals surface area contributed by atoms with E-state index in [-0.39, 0.29) is 22.3 Å². The zero-order chi connectivity index (χ0) is 23.7. The van der Waals surface area contributed by atoms with Crippen molar-refractivity contribution >= 4 is 46.4 Å². The Morgan fingerprint density at radius 2 is 1.70 bits per heavy atom. The van der Waals surface area contributed by atoms with E-state index in [0.717, 1.165) is 17.2 Å². The van der Waals surface area contributed by atoms with Gasteiger partial charge in [-0.2, -0.15) is 0 Å². The Balaban J connectivity index is 1.56. The quantitative estimate of drug-likeness (QED) is 0.514. The van der Waals surface area contributed by atoms with Crippen LogP contribution in [0.2, 0.25) is 0 Å². The van der Waals surface area contributed by atoms with E-state index in [1.54, 1.807) is 18.2 Å². The summed E-state index contributed by atoms with van der Waals surface area (Å²) in [6.45, 7) is 3.83. The number of halogens is 2. The van der Waals surface area contributed by atoms with Gasteiger partial charge in [-0.1, -0.05) is 41.9 Å². The van der Waals surface area contributed by atoms with Crippen LogP contribution in [0.25, 0.3) is 0 Å². The first-order valence-corrected chi connectivity index (χ1v) is 10.4. The minimum atomic E-state index is -0.835. The Morgan fingerprint density at radius 3 is 2.45 bits per heavy atom. The molecule has 8 heteroatoms. The second-order valence-electron chi connectivity index (χ2n) is 7.56. The zero-order valence-electron chi connectivity index (χ0n) is 17.8. The lowest BCUT2D eigenvalue weighted by atomic mass is 10.1. The van der Waals surface area contributed by atoms with Gasteiger partial charge in [0.25, 0.3) is 17.7 Å². The van der Waals surface area contributed by atoms with Gasteiger partial charge in [-0.3, -0.25) is 14.4 Å². The molecular formula is C25H19ClFN3O3. The third-order valence-corrected chi connectivity index (χ3v) is 5.51. The van der Waals surface area contributed by atoms with Crippen molar-refractivity contribution in [2.24, 2.45) is 0 Å². The number of aryl methyl sites for hydroxylation is 2. The fourth-order valence-corrected chi connectivity index (χ4v) is 3.62. The number of amides is 3. The maximum Gasteiger partial charge on any atom is 0.283 e. The average Bonchev–Trinajstić information content (AvgIpc) is 3.00. The van der Waals surface area contributed by atoms with Crippen molar-refractivity contribution in [3.05, 3.63) is 100.0 Å². The first-order valence-electron chi connectivity index (χ1n) is 10.0. The van der Waals surface area contributed by atoms with Crippen molar-refractivity contribution in [2.45, 2.75) is 13.8 Å². The maximum absolute atomic E-state index is 14.2. The van der Waals surface area contributed by atoms with E-state index in [9.17, 15) is 18.8 Å². The van der Waals surface area contributed by atoms with Crippen molar-refractivity contribution in [3.8, 4) is 0 Å². The summed E-state index contributed by atoms with van der Waals surface area (Å²) in [4.78, 5) is 38.9. The number of rotatable bonds is 5. The first-order chi connectivity index (χ1) is 15.8. The van der Waals surface area contributed by atoms with Gasteiger partial charge in [0.05, 0.1) is 5.69 Å². The largest absolute Gasteiger partial charge is 0.350 e. The van der Waals surface area contributed by atoms with Crippen LogP contribution in [-0.2, 0) is 9.59 Å². The molecule has 3 aromatic rings. The molecule has 33 heavy (non-hydrogen) atoms. The van der Waals surface area contributed by atoms with E-state index in [1.165, 1.54) is 24.3 Å². The summed E-state index contributed by atoms with van der Waals surface area (Å²) in [5.41, 5.74) is 2.94. The molecule has 0 aromatic heterocycles. The number of carbonyl (C=O) groups excluding carboxylic acids is 3. The Labute approximate surface area is 194 Å². The highest BCUT2D eigenvalue weighted by atomic mass is 35.5. The lowest BCUT2D eigenvalue weighted by Crippen LogP contribution is -2.33. The zero-order valence-corrected chi connectivity index (χ0v) is 18.5. The lowest BCUT2D eigenvalue weighted by Gasteiger charge is -2.16. The molecule has 1 aliphatic heterocycles. The molecule has 2 N–H and O–H groups in total. The van der Waals surface area contributed by atoms with Crippen LogP contribution >= 0.6 is 11.6 Å². The number of anilines is 3. The number of hydrogen-bond acceptors (Lipinski definition) is 4. The molecule has 0 bridgehead atoms. The molecule has 166 valence electrons. The highest BCUT2D eigenvalue weighted by molar-refractivity contribution is 6.53. The van der Waals surface area contributed by atoms with E-state index >= 15 is 0 Å². The van der Waals surface area contributed by atoms with Gasteiger partial charge in [-0.25, -0.2) is 9.29 Å². The monoisotopic (exact) mass is 463 g/mol. The number of benzene rings is 3. The van der Waals surface area contributed by atoms with Crippen LogP contribution in [0.5, 0.6) is 0 Å². The van der Waals surface area contributed by atoms with Crippen LogP contribution in [0, 0.1) is 19.7 Å². The Kier molecular flexibility index (Phi) is 5.98. The van der Waals surface area contributed by atoms with Gasteiger partial charge in [0, 0.05) is 16.9 Å². The molecule has 1 heterocycles. The van der Waals surface area contributed by atoms with Crippen molar-refractivity contribution in [2.75, 3.05) is 15.5 Å². The molecule has 0 radical (unpaired) electrons. The normalized spacial score (nSPS) is 13.5. The highest BCUT2D eigenvalue weighted by Crippen LogP contribution is 2.31. The lowest BCUT2D eigenvalue weighted by molar-refractivity contribution is -0.120. The Hall–Kier alpha value is -3.97. The van der Waals surface area contributed by atoms with Crippen molar-refractivity contribution in [1.29, 1.82) is 0 Å². The van der Waals surface area contributed by atoms with Gasteiger partial charge in [-0.15, -0.1) is 0 Å². The molecule has 0 atom stereocenters. The third kappa shape index (κ3) is 4.36.